The van der Waals surface area contributed by atoms with E-state index in [2.05, 4.69) is 5.32 Å². The summed E-state index contributed by atoms with van der Waals surface area (Å²) in [6.45, 7) is 0.221. The van der Waals surface area contributed by atoms with Crippen molar-refractivity contribution in [1.82, 2.24) is 0 Å². The first-order valence-corrected chi connectivity index (χ1v) is 5.65. The maximum absolute atomic E-state index is 13.4. The first-order valence-electron chi connectivity index (χ1n) is 5.65. The maximum Gasteiger partial charge on any atom is 0.149 e. The fourth-order valence-electron chi connectivity index (χ4n) is 1.64. The quantitative estimate of drug-likeness (QED) is 0.891. The monoisotopic (exact) mass is 265 g/mol. The van der Waals surface area contributed by atoms with Gasteiger partial charge in [-0.15, -0.1) is 0 Å². The average molecular weight is 265 g/mol. The third-order valence-electron chi connectivity index (χ3n) is 2.69. The van der Waals surface area contributed by atoms with Gasteiger partial charge in [0, 0.05) is 24.2 Å². The van der Waals surface area contributed by atoms with E-state index >= 15 is 0 Å². The van der Waals surface area contributed by atoms with Gasteiger partial charge in [0.15, 0.2) is 0 Å². The third-order valence-corrected chi connectivity index (χ3v) is 2.69. The van der Waals surface area contributed by atoms with Gasteiger partial charge in [-0.05, 0) is 24.3 Å². The number of rotatable bonds is 4. The highest BCUT2D eigenvalue weighted by Gasteiger charge is 2.06. The van der Waals surface area contributed by atoms with E-state index in [0.717, 1.165) is 6.07 Å². The summed E-state index contributed by atoms with van der Waals surface area (Å²) < 4.78 is 31.1. The molecule has 2 rings (SSSR count). The van der Waals surface area contributed by atoms with Crippen molar-refractivity contribution in [3.8, 4) is 11.5 Å². The smallest absolute Gasteiger partial charge is 0.149 e. The van der Waals surface area contributed by atoms with Gasteiger partial charge in [0.25, 0.3) is 0 Å². The van der Waals surface area contributed by atoms with E-state index in [-0.39, 0.29) is 18.0 Å². The van der Waals surface area contributed by atoms with E-state index in [0.29, 0.717) is 11.3 Å². The second kappa shape index (κ2) is 5.56. The Kier molecular flexibility index (Phi) is 3.85. The Balaban J connectivity index is 2.10. The van der Waals surface area contributed by atoms with E-state index in [1.807, 2.05) is 0 Å². The molecule has 2 aromatic carbocycles. The summed E-state index contributed by atoms with van der Waals surface area (Å²) in [7, 11) is 1.50. The molecule has 2 N–H and O–H groups in total. The Labute approximate surface area is 109 Å². The average Bonchev–Trinajstić information content (AvgIpc) is 2.39. The second-order valence-electron chi connectivity index (χ2n) is 3.97. The van der Waals surface area contributed by atoms with Gasteiger partial charge in [0.05, 0.1) is 12.8 Å². The lowest BCUT2D eigenvalue weighted by atomic mass is 10.2. The highest BCUT2D eigenvalue weighted by Crippen LogP contribution is 2.24. The first kappa shape index (κ1) is 13.1. The fraction of sp³-hybridized carbons (Fsp3) is 0.143. The molecule has 19 heavy (non-hydrogen) atoms. The van der Waals surface area contributed by atoms with Crippen molar-refractivity contribution in [1.29, 1.82) is 0 Å². The van der Waals surface area contributed by atoms with Crippen LogP contribution in [0.15, 0.2) is 36.4 Å². The first-order chi connectivity index (χ1) is 9.10. The van der Waals surface area contributed by atoms with Gasteiger partial charge < -0.3 is 15.2 Å². The molecule has 0 aromatic heterocycles. The molecular formula is C14H13F2NO2. The van der Waals surface area contributed by atoms with Crippen LogP contribution in [0.4, 0.5) is 14.5 Å². The van der Waals surface area contributed by atoms with E-state index in [1.54, 1.807) is 12.1 Å². The maximum atomic E-state index is 13.4. The topological polar surface area (TPSA) is 41.5 Å². The van der Waals surface area contributed by atoms with Crippen LogP contribution in [0.2, 0.25) is 0 Å². The van der Waals surface area contributed by atoms with E-state index in [9.17, 15) is 13.9 Å². The molecule has 0 radical (unpaired) electrons. The second-order valence-corrected chi connectivity index (χ2v) is 3.97. The molecule has 5 heteroatoms. The van der Waals surface area contributed by atoms with Crippen LogP contribution in [0.25, 0.3) is 0 Å². The molecule has 0 heterocycles. The van der Waals surface area contributed by atoms with E-state index in [1.165, 1.54) is 25.3 Å². The largest absolute Gasteiger partial charge is 0.507 e. The molecular weight excluding hydrogens is 252 g/mol. The number of hydrogen-bond acceptors (Lipinski definition) is 3. The van der Waals surface area contributed by atoms with Gasteiger partial charge in [0.1, 0.15) is 23.1 Å². The molecule has 2 aromatic rings. The Bertz CT molecular complexity index is 588. The molecule has 0 saturated heterocycles. The molecule has 0 fully saturated rings. The number of phenolic OH excluding ortho intramolecular Hbond substituents is 1. The summed E-state index contributed by atoms with van der Waals surface area (Å²) in [5.74, 6) is -0.716. The number of hydrogen-bond donors (Lipinski definition) is 2. The Hall–Kier alpha value is -2.30. The molecule has 0 unspecified atom stereocenters. The third kappa shape index (κ3) is 3.13. The molecule has 0 saturated carbocycles. The summed E-state index contributed by atoms with van der Waals surface area (Å²) in [5.41, 5.74) is 0.765. The van der Waals surface area contributed by atoms with Crippen molar-refractivity contribution in [2.24, 2.45) is 0 Å². The van der Waals surface area contributed by atoms with Crippen molar-refractivity contribution in [2.45, 2.75) is 6.54 Å². The Morgan fingerprint density at radius 3 is 2.58 bits per heavy atom. The summed E-state index contributed by atoms with van der Waals surface area (Å²) >= 11 is 0. The molecule has 0 aliphatic rings. The van der Waals surface area contributed by atoms with Crippen LogP contribution in [0.3, 0.4) is 0 Å². The lowest BCUT2D eigenvalue weighted by molar-refractivity contribution is 0.406. The highest BCUT2D eigenvalue weighted by molar-refractivity contribution is 5.47. The Morgan fingerprint density at radius 2 is 1.95 bits per heavy atom. The number of methoxy groups -OCH3 is 1. The SMILES string of the molecule is COc1ccc(CNc2ccc(F)cc2F)c(O)c1. The molecule has 100 valence electrons. The number of nitrogens with one attached hydrogen (secondary N) is 1. The number of halogens is 2. The zero-order valence-corrected chi connectivity index (χ0v) is 10.3. The minimum Gasteiger partial charge on any atom is -0.507 e. The number of benzene rings is 2. The van der Waals surface area contributed by atoms with Crippen molar-refractivity contribution < 1.29 is 18.6 Å². The molecule has 3 nitrogen and oxygen atoms in total. The van der Waals surface area contributed by atoms with Crippen LogP contribution in [0, 0.1) is 11.6 Å². The summed E-state index contributed by atoms with van der Waals surface area (Å²) in [6, 6.07) is 8.11. The van der Waals surface area contributed by atoms with Crippen LogP contribution in [-0.4, -0.2) is 12.2 Å². The predicted octanol–water partition coefficient (Wildman–Crippen LogP) is 3.29. The van der Waals surface area contributed by atoms with Crippen molar-refractivity contribution in [3.05, 3.63) is 53.6 Å². The zero-order chi connectivity index (χ0) is 13.8. The lowest BCUT2D eigenvalue weighted by Gasteiger charge is -2.10. The van der Waals surface area contributed by atoms with Crippen LogP contribution >= 0.6 is 0 Å². The van der Waals surface area contributed by atoms with E-state index in [4.69, 9.17) is 4.74 Å². The molecule has 0 aliphatic carbocycles. The summed E-state index contributed by atoms with van der Waals surface area (Å²) in [5, 5.41) is 12.5. The van der Waals surface area contributed by atoms with Crippen LogP contribution in [0.5, 0.6) is 11.5 Å². The summed E-state index contributed by atoms with van der Waals surface area (Å²) in [4.78, 5) is 0. The molecule has 0 atom stereocenters. The normalized spacial score (nSPS) is 10.3. The van der Waals surface area contributed by atoms with Gasteiger partial charge >= 0.3 is 0 Å². The predicted molar refractivity (Wildman–Crippen MR) is 68.3 cm³/mol. The van der Waals surface area contributed by atoms with E-state index < -0.39 is 11.6 Å². The minimum absolute atomic E-state index is 0.0503. The van der Waals surface area contributed by atoms with Gasteiger partial charge in [-0.1, -0.05) is 0 Å². The van der Waals surface area contributed by atoms with Crippen LogP contribution in [-0.2, 0) is 6.54 Å². The fourth-order valence-corrected chi connectivity index (χ4v) is 1.64. The molecule has 0 bridgehead atoms. The standard InChI is InChI=1S/C14H13F2NO2/c1-19-11-4-2-9(14(18)7-11)8-17-13-5-3-10(15)6-12(13)16/h2-7,17-18H,8H2,1H3. The Morgan fingerprint density at radius 1 is 1.16 bits per heavy atom. The van der Waals surface area contributed by atoms with Crippen LogP contribution < -0.4 is 10.1 Å². The molecule has 0 spiro atoms. The van der Waals surface area contributed by atoms with Crippen molar-refractivity contribution >= 4 is 5.69 Å². The number of anilines is 1. The van der Waals surface area contributed by atoms with Crippen molar-refractivity contribution in [2.75, 3.05) is 12.4 Å². The number of phenols is 1. The van der Waals surface area contributed by atoms with Gasteiger partial charge in [-0.2, -0.15) is 0 Å². The van der Waals surface area contributed by atoms with Crippen molar-refractivity contribution in [3.63, 3.8) is 0 Å². The lowest BCUT2D eigenvalue weighted by Crippen LogP contribution is -2.02. The summed E-state index contributed by atoms with van der Waals surface area (Å²) in [6.07, 6.45) is 0. The molecule has 0 amide bonds. The van der Waals surface area contributed by atoms with Gasteiger partial charge in [0.2, 0.25) is 0 Å². The van der Waals surface area contributed by atoms with Crippen LogP contribution in [0.1, 0.15) is 5.56 Å². The number of aromatic hydroxyl groups is 1. The molecule has 0 aliphatic heterocycles. The highest BCUT2D eigenvalue weighted by atomic mass is 19.1. The van der Waals surface area contributed by atoms with Gasteiger partial charge in [-0.25, -0.2) is 8.78 Å². The van der Waals surface area contributed by atoms with Gasteiger partial charge in [-0.3, -0.25) is 0 Å². The zero-order valence-electron chi connectivity index (χ0n) is 10.3. The minimum atomic E-state index is -0.673. The number of ether oxygens (including phenoxy) is 1.